The van der Waals surface area contributed by atoms with E-state index in [1.165, 1.54) is 0 Å². The van der Waals surface area contributed by atoms with E-state index in [1.807, 2.05) is 24.3 Å². The van der Waals surface area contributed by atoms with Crippen molar-refractivity contribution < 1.29 is 9.90 Å². The molecular weight excluding hydrogens is 300 g/mol. The van der Waals surface area contributed by atoms with Crippen molar-refractivity contribution in [3.63, 3.8) is 0 Å². The summed E-state index contributed by atoms with van der Waals surface area (Å²) < 4.78 is 0. The van der Waals surface area contributed by atoms with Gasteiger partial charge in [0.05, 0.1) is 22.3 Å². The number of aliphatic hydroxyl groups excluding tert-OH is 1. The summed E-state index contributed by atoms with van der Waals surface area (Å²) in [5, 5.41) is 11.3. The summed E-state index contributed by atoms with van der Waals surface area (Å²) in [5.74, 6) is -0.0469. The predicted octanol–water partition coefficient (Wildman–Crippen LogP) is 3.38. The van der Waals surface area contributed by atoms with Gasteiger partial charge < -0.3 is 10.0 Å². The normalized spacial score (nSPS) is 13.5. The zero-order chi connectivity index (χ0) is 15.3. The second-order valence-electron chi connectivity index (χ2n) is 5.35. The fourth-order valence-electron chi connectivity index (χ4n) is 3.09. The molecule has 0 saturated carbocycles. The molecule has 1 aliphatic heterocycles. The van der Waals surface area contributed by atoms with Crippen molar-refractivity contribution in [1.29, 1.82) is 0 Å². The summed E-state index contributed by atoms with van der Waals surface area (Å²) in [5.41, 5.74) is 3.10. The lowest BCUT2D eigenvalue weighted by Gasteiger charge is -2.16. The molecule has 0 aliphatic carbocycles. The maximum Gasteiger partial charge on any atom is 0.259 e. The Morgan fingerprint density at radius 1 is 1.18 bits per heavy atom. The quantitative estimate of drug-likeness (QED) is 0.754. The van der Waals surface area contributed by atoms with Gasteiger partial charge in [0, 0.05) is 28.9 Å². The summed E-state index contributed by atoms with van der Waals surface area (Å²) in [6, 6.07) is 11.2. The second-order valence-corrected chi connectivity index (χ2v) is 5.79. The molecule has 1 aliphatic rings. The first kappa shape index (κ1) is 13.5. The lowest BCUT2D eigenvalue weighted by atomic mass is 10.0. The topological polar surface area (TPSA) is 53.4 Å². The number of fused-ring (bicyclic) bond motifs is 2. The van der Waals surface area contributed by atoms with Crippen LogP contribution in [0.3, 0.4) is 0 Å². The number of nitrogens with zero attached hydrogens (tertiary/aromatic N) is 2. The number of halogens is 1. The Morgan fingerprint density at radius 3 is 2.86 bits per heavy atom. The molecule has 2 aromatic carbocycles. The van der Waals surface area contributed by atoms with E-state index >= 15 is 0 Å². The summed E-state index contributed by atoms with van der Waals surface area (Å²) in [6.45, 7) is 0.548. The van der Waals surface area contributed by atoms with Crippen LogP contribution in [0.4, 0.5) is 5.69 Å². The van der Waals surface area contributed by atoms with Crippen LogP contribution < -0.4 is 4.90 Å². The van der Waals surface area contributed by atoms with Crippen LogP contribution >= 0.6 is 11.6 Å². The van der Waals surface area contributed by atoms with Crippen molar-refractivity contribution in [2.24, 2.45) is 0 Å². The second kappa shape index (κ2) is 4.93. The maximum absolute atomic E-state index is 12.9. The standard InChI is InChI=1S/C17H13ClN2O2/c18-10-5-6-12-11(9-10)15-16-13(19-12)3-1-4-14(16)20(17(15)22)7-2-8-21/h1,3-6,9,21H,2,7-8H2. The van der Waals surface area contributed by atoms with Gasteiger partial charge in [0.15, 0.2) is 0 Å². The number of aliphatic hydroxyl groups is 1. The third-order valence-electron chi connectivity index (χ3n) is 4.03. The summed E-state index contributed by atoms with van der Waals surface area (Å²) >= 11 is 6.10. The van der Waals surface area contributed by atoms with Crippen LogP contribution in [0.2, 0.25) is 5.02 Å². The Balaban J connectivity index is 2.06. The minimum Gasteiger partial charge on any atom is -0.396 e. The fraction of sp³-hybridized carbons (Fsp3) is 0.176. The number of pyridine rings is 1. The highest BCUT2D eigenvalue weighted by Crippen LogP contribution is 2.40. The molecule has 0 atom stereocenters. The largest absolute Gasteiger partial charge is 0.396 e. The van der Waals surface area contributed by atoms with Gasteiger partial charge in [0.25, 0.3) is 5.91 Å². The average molecular weight is 313 g/mol. The van der Waals surface area contributed by atoms with Crippen LogP contribution in [-0.2, 0) is 0 Å². The molecule has 2 heterocycles. The fourth-order valence-corrected chi connectivity index (χ4v) is 3.26. The molecule has 0 bridgehead atoms. The van der Waals surface area contributed by atoms with Crippen molar-refractivity contribution in [1.82, 2.24) is 4.98 Å². The summed E-state index contributed by atoms with van der Waals surface area (Å²) in [4.78, 5) is 19.2. The van der Waals surface area contributed by atoms with Gasteiger partial charge in [0.2, 0.25) is 0 Å². The zero-order valence-electron chi connectivity index (χ0n) is 11.7. The molecule has 0 fully saturated rings. The van der Waals surface area contributed by atoms with Gasteiger partial charge in [-0.1, -0.05) is 17.7 Å². The smallest absolute Gasteiger partial charge is 0.259 e. The number of benzene rings is 2. The number of rotatable bonds is 3. The van der Waals surface area contributed by atoms with Crippen LogP contribution in [0.25, 0.3) is 21.8 Å². The first-order valence-corrected chi connectivity index (χ1v) is 7.53. The highest BCUT2D eigenvalue weighted by Gasteiger charge is 2.31. The number of anilines is 1. The zero-order valence-corrected chi connectivity index (χ0v) is 12.5. The Kier molecular flexibility index (Phi) is 3.03. The Morgan fingerprint density at radius 2 is 2.05 bits per heavy atom. The van der Waals surface area contributed by atoms with E-state index in [2.05, 4.69) is 4.98 Å². The molecule has 4 nitrogen and oxygen atoms in total. The van der Waals surface area contributed by atoms with Crippen molar-refractivity contribution >= 4 is 45.0 Å². The third kappa shape index (κ3) is 1.81. The number of hydrogen-bond donors (Lipinski definition) is 1. The maximum atomic E-state index is 12.9. The first-order valence-electron chi connectivity index (χ1n) is 7.15. The summed E-state index contributed by atoms with van der Waals surface area (Å²) in [6.07, 6.45) is 0.544. The predicted molar refractivity (Wildman–Crippen MR) is 87.6 cm³/mol. The van der Waals surface area contributed by atoms with Crippen LogP contribution in [0.5, 0.6) is 0 Å². The number of carbonyl (C=O) groups is 1. The van der Waals surface area contributed by atoms with E-state index in [-0.39, 0.29) is 12.5 Å². The molecule has 0 unspecified atom stereocenters. The van der Waals surface area contributed by atoms with E-state index in [4.69, 9.17) is 16.7 Å². The molecule has 0 radical (unpaired) electrons. The number of amides is 1. The van der Waals surface area contributed by atoms with Gasteiger partial charge in [-0.25, -0.2) is 4.98 Å². The minimum absolute atomic E-state index is 0.0469. The Labute approximate surface area is 131 Å². The highest BCUT2D eigenvalue weighted by molar-refractivity contribution is 6.33. The number of carbonyl (C=O) groups excluding carboxylic acids is 1. The third-order valence-corrected chi connectivity index (χ3v) is 4.26. The molecule has 5 heteroatoms. The van der Waals surface area contributed by atoms with Gasteiger partial charge in [-0.05, 0) is 36.8 Å². The summed E-state index contributed by atoms with van der Waals surface area (Å²) in [7, 11) is 0. The lowest BCUT2D eigenvalue weighted by Crippen LogP contribution is -2.28. The highest BCUT2D eigenvalue weighted by atomic mass is 35.5. The van der Waals surface area contributed by atoms with E-state index in [9.17, 15) is 4.79 Å². The number of aromatic nitrogens is 1. The Hall–Kier alpha value is -2.17. The molecule has 0 spiro atoms. The van der Waals surface area contributed by atoms with Gasteiger partial charge in [-0.2, -0.15) is 0 Å². The van der Waals surface area contributed by atoms with Crippen LogP contribution in [0.15, 0.2) is 36.4 Å². The van der Waals surface area contributed by atoms with E-state index in [0.29, 0.717) is 23.6 Å². The minimum atomic E-state index is -0.0469. The van der Waals surface area contributed by atoms with Crippen molar-refractivity contribution in [3.05, 3.63) is 47.0 Å². The lowest BCUT2D eigenvalue weighted by molar-refractivity contribution is 0.0993. The molecule has 3 aromatic rings. The molecule has 1 amide bonds. The number of hydrogen-bond acceptors (Lipinski definition) is 3. The molecule has 22 heavy (non-hydrogen) atoms. The van der Waals surface area contributed by atoms with E-state index in [1.54, 1.807) is 17.0 Å². The van der Waals surface area contributed by atoms with Gasteiger partial charge in [0.1, 0.15) is 0 Å². The first-order chi connectivity index (χ1) is 10.7. The SMILES string of the molecule is O=C1c2c3cc(Cl)ccc3nc3cccc(c23)N1CCCO. The van der Waals surface area contributed by atoms with Gasteiger partial charge in [-0.15, -0.1) is 0 Å². The van der Waals surface area contributed by atoms with Crippen LogP contribution in [-0.4, -0.2) is 29.1 Å². The molecule has 1 N–H and O–H groups in total. The molecule has 4 rings (SSSR count). The van der Waals surface area contributed by atoms with Crippen LogP contribution in [0, 0.1) is 0 Å². The van der Waals surface area contributed by atoms with Gasteiger partial charge >= 0.3 is 0 Å². The van der Waals surface area contributed by atoms with Crippen molar-refractivity contribution in [3.8, 4) is 0 Å². The average Bonchev–Trinajstić information content (AvgIpc) is 2.80. The van der Waals surface area contributed by atoms with Crippen molar-refractivity contribution in [2.75, 3.05) is 18.1 Å². The monoisotopic (exact) mass is 312 g/mol. The Bertz CT molecular complexity index is 923. The molecular formula is C17H13ClN2O2. The molecule has 1 aromatic heterocycles. The van der Waals surface area contributed by atoms with E-state index < -0.39 is 0 Å². The van der Waals surface area contributed by atoms with E-state index in [0.717, 1.165) is 27.5 Å². The molecule has 0 saturated heterocycles. The van der Waals surface area contributed by atoms with Gasteiger partial charge in [-0.3, -0.25) is 4.79 Å². The van der Waals surface area contributed by atoms with Crippen LogP contribution in [0.1, 0.15) is 16.8 Å². The molecule has 110 valence electrons. The van der Waals surface area contributed by atoms with Crippen molar-refractivity contribution in [2.45, 2.75) is 6.42 Å².